The summed E-state index contributed by atoms with van der Waals surface area (Å²) in [5.74, 6) is -0.328. The SMILES string of the molecule is N#Cc1ccc(-c2ccc(C=C3C(=O)NC(=S)N(c4cccc(Cl)c4)C3=O)o2)cc1. The molecule has 0 aliphatic carbocycles. The van der Waals surface area contributed by atoms with Crippen molar-refractivity contribution in [1.29, 1.82) is 5.26 Å². The summed E-state index contributed by atoms with van der Waals surface area (Å²) in [7, 11) is 0. The highest BCUT2D eigenvalue weighted by atomic mass is 35.5. The fourth-order valence-corrected chi connectivity index (χ4v) is 3.41. The first-order valence-corrected chi connectivity index (χ1v) is 9.52. The number of nitriles is 1. The molecule has 2 heterocycles. The highest BCUT2D eigenvalue weighted by molar-refractivity contribution is 7.80. The van der Waals surface area contributed by atoms with E-state index in [1.54, 1.807) is 60.7 Å². The van der Waals surface area contributed by atoms with Gasteiger partial charge in [-0.05, 0) is 72.9 Å². The number of carbonyl (C=O) groups is 2. The van der Waals surface area contributed by atoms with Crippen molar-refractivity contribution in [2.75, 3.05) is 4.90 Å². The van der Waals surface area contributed by atoms with E-state index in [2.05, 4.69) is 11.4 Å². The van der Waals surface area contributed by atoms with Gasteiger partial charge in [0.15, 0.2) is 5.11 Å². The van der Waals surface area contributed by atoms with E-state index in [0.29, 0.717) is 27.8 Å². The number of thiocarbonyl (C=S) groups is 1. The van der Waals surface area contributed by atoms with Crippen molar-refractivity contribution in [3.63, 3.8) is 0 Å². The van der Waals surface area contributed by atoms with Gasteiger partial charge in [-0.1, -0.05) is 17.7 Å². The number of amides is 2. The van der Waals surface area contributed by atoms with Crippen molar-refractivity contribution in [3.8, 4) is 17.4 Å². The van der Waals surface area contributed by atoms with Crippen LogP contribution < -0.4 is 10.2 Å². The van der Waals surface area contributed by atoms with E-state index in [1.165, 1.54) is 11.0 Å². The molecule has 1 aliphatic rings. The summed E-state index contributed by atoms with van der Waals surface area (Å²) in [5.41, 5.74) is 1.62. The van der Waals surface area contributed by atoms with Gasteiger partial charge in [-0.2, -0.15) is 5.26 Å². The lowest BCUT2D eigenvalue weighted by molar-refractivity contribution is -0.122. The number of carbonyl (C=O) groups excluding carboxylic acids is 2. The molecule has 1 aliphatic heterocycles. The number of nitrogens with one attached hydrogen (secondary N) is 1. The lowest BCUT2D eigenvalue weighted by atomic mass is 10.1. The molecule has 0 atom stereocenters. The Morgan fingerprint density at radius 3 is 2.57 bits per heavy atom. The van der Waals surface area contributed by atoms with E-state index in [-0.39, 0.29) is 10.7 Å². The first-order chi connectivity index (χ1) is 14.5. The number of halogens is 1. The molecule has 0 bridgehead atoms. The smallest absolute Gasteiger partial charge is 0.270 e. The second kappa shape index (κ2) is 7.95. The molecule has 0 saturated carbocycles. The van der Waals surface area contributed by atoms with Gasteiger partial charge < -0.3 is 4.42 Å². The Morgan fingerprint density at radius 2 is 1.87 bits per heavy atom. The van der Waals surface area contributed by atoms with Gasteiger partial charge in [0, 0.05) is 10.6 Å². The van der Waals surface area contributed by atoms with Gasteiger partial charge in [0.2, 0.25) is 0 Å². The first-order valence-electron chi connectivity index (χ1n) is 8.73. The number of furan rings is 1. The van der Waals surface area contributed by atoms with Crippen molar-refractivity contribution in [2.45, 2.75) is 0 Å². The maximum absolute atomic E-state index is 13.0. The van der Waals surface area contributed by atoms with E-state index >= 15 is 0 Å². The van der Waals surface area contributed by atoms with Crippen molar-refractivity contribution >= 4 is 52.5 Å². The Hall–Kier alpha value is -3.73. The summed E-state index contributed by atoms with van der Waals surface area (Å²) in [6.45, 7) is 0. The number of hydrogen-bond acceptors (Lipinski definition) is 5. The largest absolute Gasteiger partial charge is 0.457 e. The third kappa shape index (κ3) is 3.74. The molecule has 1 saturated heterocycles. The van der Waals surface area contributed by atoms with Crippen LogP contribution in [0, 0.1) is 11.3 Å². The Bertz CT molecular complexity index is 1260. The summed E-state index contributed by atoms with van der Waals surface area (Å²) in [6.07, 6.45) is 1.37. The van der Waals surface area contributed by atoms with Crippen LogP contribution in [0.1, 0.15) is 11.3 Å². The molecule has 0 spiro atoms. The summed E-state index contributed by atoms with van der Waals surface area (Å²) in [6, 6.07) is 18.9. The van der Waals surface area contributed by atoms with Crippen molar-refractivity contribution in [1.82, 2.24) is 5.32 Å². The fraction of sp³-hybridized carbons (Fsp3) is 0. The van der Waals surface area contributed by atoms with Crippen LogP contribution in [0.4, 0.5) is 5.69 Å². The highest BCUT2D eigenvalue weighted by Gasteiger charge is 2.34. The predicted octanol–water partition coefficient (Wildman–Crippen LogP) is 4.30. The van der Waals surface area contributed by atoms with Gasteiger partial charge in [-0.3, -0.25) is 19.8 Å². The molecule has 4 rings (SSSR count). The second-order valence-electron chi connectivity index (χ2n) is 6.33. The van der Waals surface area contributed by atoms with Gasteiger partial charge in [0.25, 0.3) is 11.8 Å². The van der Waals surface area contributed by atoms with Crippen LogP contribution >= 0.6 is 23.8 Å². The predicted molar refractivity (Wildman–Crippen MR) is 117 cm³/mol. The molecule has 6 nitrogen and oxygen atoms in total. The first kappa shape index (κ1) is 19.6. The number of hydrogen-bond donors (Lipinski definition) is 1. The van der Waals surface area contributed by atoms with Gasteiger partial charge in [-0.25, -0.2) is 0 Å². The van der Waals surface area contributed by atoms with Crippen LogP contribution in [-0.4, -0.2) is 16.9 Å². The monoisotopic (exact) mass is 433 g/mol. The molecule has 0 radical (unpaired) electrons. The molecule has 146 valence electrons. The van der Waals surface area contributed by atoms with Crippen LogP contribution in [0.3, 0.4) is 0 Å². The zero-order valence-electron chi connectivity index (χ0n) is 15.3. The van der Waals surface area contributed by atoms with Crippen LogP contribution in [-0.2, 0) is 9.59 Å². The Labute approximate surface area is 182 Å². The molecular weight excluding hydrogens is 422 g/mol. The minimum absolute atomic E-state index is 0.0258. The minimum atomic E-state index is -0.611. The topological polar surface area (TPSA) is 86.3 Å². The molecule has 1 N–H and O–H groups in total. The molecule has 8 heteroatoms. The molecule has 1 fully saturated rings. The van der Waals surface area contributed by atoms with Crippen LogP contribution in [0.5, 0.6) is 0 Å². The van der Waals surface area contributed by atoms with Crippen LogP contribution in [0.2, 0.25) is 5.02 Å². The summed E-state index contributed by atoms with van der Waals surface area (Å²) in [4.78, 5) is 26.6. The molecule has 3 aromatic rings. The zero-order chi connectivity index (χ0) is 21.3. The lowest BCUT2D eigenvalue weighted by Gasteiger charge is -2.28. The zero-order valence-corrected chi connectivity index (χ0v) is 16.8. The molecule has 1 aromatic heterocycles. The second-order valence-corrected chi connectivity index (χ2v) is 7.15. The average molecular weight is 434 g/mol. The molecule has 2 amide bonds. The maximum atomic E-state index is 13.0. The Balaban J connectivity index is 1.66. The van der Waals surface area contributed by atoms with Crippen LogP contribution in [0.15, 0.2) is 70.7 Å². The fourth-order valence-electron chi connectivity index (χ4n) is 2.94. The summed E-state index contributed by atoms with van der Waals surface area (Å²) in [5, 5.41) is 11.8. The molecular formula is C22H12ClN3O3S. The molecule has 2 aromatic carbocycles. The van der Waals surface area contributed by atoms with Gasteiger partial charge in [-0.15, -0.1) is 0 Å². The van der Waals surface area contributed by atoms with E-state index in [0.717, 1.165) is 5.56 Å². The van der Waals surface area contributed by atoms with E-state index in [9.17, 15) is 9.59 Å². The highest BCUT2D eigenvalue weighted by Crippen LogP contribution is 2.27. The van der Waals surface area contributed by atoms with Crippen molar-refractivity contribution < 1.29 is 14.0 Å². The number of anilines is 1. The normalized spacial score (nSPS) is 15.3. The van der Waals surface area contributed by atoms with E-state index < -0.39 is 11.8 Å². The summed E-state index contributed by atoms with van der Waals surface area (Å²) < 4.78 is 5.77. The van der Waals surface area contributed by atoms with Gasteiger partial charge in [0.05, 0.1) is 17.3 Å². The number of nitrogens with zero attached hydrogens (tertiary/aromatic N) is 2. The quantitative estimate of drug-likeness (QED) is 0.378. The van der Waals surface area contributed by atoms with E-state index in [4.69, 9.17) is 33.5 Å². The Kier molecular flexibility index (Phi) is 5.19. The third-order valence-electron chi connectivity index (χ3n) is 4.38. The molecule has 0 unspecified atom stereocenters. The standard InChI is InChI=1S/C22H12ClN3O3S/c23-15-2-1-3-16(10-15)26-21(28)18(20(27)25-22(26)30)11-17-8-9-19(29-17)14-6-4-13(12-24)5-7-14/h1-11H,(H,25,27,30). The molecule has 30 heavy (non-hydrogen) atoms. The summed E-state index contributed by atoms with van der Waals surface area (Å²) >= 11 is 11.2. The van der Waals surface area contributed by atoms with Crippen LogP contribution in [0.25, 0.3) is 17.4 Å². The van der Waals surface area contributed by atoms with Gasteiger partial charge >= 0.3 is 0 Å². The Morgan fingerprint density at radius 1 is 1.10 bits per heavy atom. The van der Waals surface area contributed by atoms with Crippen molar-refractivity contribution in [2.24, 2.45) is 0 Å². The number of rotatable bonds is 3. The number of benzene rings is 2. The minimum Gasteiger partial charge on any atom is -0.457 e. The average Bonchev–Trinajstić information content (AvgIpc) is 3.20. The van der Waals surface area contributed by atoms with E-state index in [1.807, 2.05) is 0 Å². The third-order valence-corrected chi connectivity index (χ3v) is 4.90. The lowest BCUT2D eigenvalue weighted by Crippen LogP contribution is -2.54. The van der Waals surface area contributed by atoms with Gasteiger partial charge in [0.1, 0.15) is 17.1 Å². The maximum Gasteiger partial charge on any atom is 0.270 e. The van der Waals surface area contributed by atoms with Crippen molar-refractivity contribution in [3.05, 3.63) is 82.6 Å².